The van der Waals surface area contributed by atoms with E-state index < -0.39 is 0 Å². The van der Waals surface area contributed by atoms with Crippen LogP contribution < -0.4 is 0 Å². The molecular formula is C43H28N4. The third-order valence-corrected chi connectivity index (χ3v) is 8.82. The van der Waals surface area contributed by atoms with E-state index in [-0.39, 0.29) is 0 Å². The van der Waals surface area contributed by atoms with Crippen molar-refractivity contribution >= 4 is 33.1 Å². The monoisotopic (exact) mass is 600 g/mol. The van der Waals surface area contributed by atoms with Crippen LogP contribution in [0, 0.1) is 0 Å². The highest BCUT2D eigenvalue weighted by Crippen LogP contribution is 2.36. The van der Waals surface area contributed by atoms with Crippen LogP contribution in [0.2, 0.25) is 0 Å². The minimum atomic E-state index is 0.793. The molecule has 0 radical (unpaired) electrons. The van der Waals surface area contributed by atoms with Gasteiger partial charge in [0.1, 0.15) is 11.3 Å². The third kappa shape index (κ3) is 4.84. The van der Waals surface area contributed by atoms with Crippen molar-refractivity contribution in [1.82, 2.24) is 19.5 Å². The molecule has 47 heavy (non-hydrogen) atoms. The summed E-state index contributed by atoms with van der Waals surface area (Å²) in [4.78, 5) is 15.3. The molecule has 0 aliphatic heterocycles. The molecule has 9 rings (SSSR count). The molecule has 0 aliphatic rings. The van der Waals surface area contributed by atoms with Gasteiger partial charge in [-0.1, -0.05) is 115 Å². The summed E-state index contributed by atoms with van der Waals surface area (Å²) in [5.74, 6) is 0.814. The third-order valence-electron chi connectivity index (χ3n) is 8.82. The van der Waals surface area contributed by atoms with E-state index in [1.807, 2.05) is 18.3 Å². The Morgan fingerprint density at radius 3 is 1.60 bits per heavy atom. The summed E-state index contributed by atoms with van der Waals surface area (Å²) in [5, 5.41) is 1.05. The smallest absolute Gasteiger partial charge is 0.166 e. The van der Waals surface area contributed by atoms with Crippen LogP contribution in [0.25, 0.3) is 83.4 Å². The molecule has 220 valence electrons. The predicted molar refractivity (Wildman–Crippen MR) is 193 cm³/mol. The molecule has 0 saturated heterocycles. The van der Waals surface area contributed by atoms with Crippen LogP contribution in [0.3, 0.4) is 0 Å². The molecule has 3 heterocycles. The number of rotatable bonds is 5. The lowest BCUT2D eigenvalue weighted by molar-refractivity contribution is 1.06. The van der Waals surface area contributed by atoms with Crippen molar-refractivity contribution in [2.45, 2.75) is 0 Å². The maximum absolute atomic E-state index is 5.27. The molecule has 0 fully saturated rings. The molecule has 9 aromatic rings. The molecule has 0 saturated carbocycles. The average molecular weight is 601 g/mol. The highest BCUT2D eigenvalue weighted by molar-refractivity contribution is 6.07. The van der Waals surface area contributed by atoms with Gasteiger partial charge in [0, 0.05) is 11.6 Å². The summed E-state index contributed by atoms with van der Waals surface area (Å²) in [7, 11) is 0. The molecule has 0 unspecified atom stereocenters. The van der Waals surface area contributed by atoms with Crippen LogP contribution in [-0.2, 0) is 0 Å². The number of hydrogen-bond donors (Lipinski definition) is 0. The lowest BCUT2D eigenvalue weighted by atomic mass is 9.93. The zero-order valence-electron chi connectivity index (χ0n) is 25.5. The standard InChI is InChI=1S/C43H28N4/c1-4-12-29(13-5-1)33-22-23-44-41(28-33)47-40-19-11-10-18-37(40)42-43(47)46-38-21-20-32(27-39(38)45-42)36-25-34(30-14-6-2-7-15-30)24-35(26-36)31-16-8-3-9-17-31/h1-28H. The fourth-order valence-corrected chi connectivity index (χ4v) is 6.52. The molecule has 0 N–H and O–H groups in total. The summed E-state index contributed by atoms with van der Waals surface area (Å²) in [6.07, 6.45) is 1.87. The van der Waals surface area contributed by atoms with Crippen LogP contribution in [0.5, 0.6) is 0 Å². The van der Waals surface area contributed by atoms with Crippen LogP contribution in [0.4, 0.5) is 0 Å². The van der Waals surface area contributed by atoms with Gasteiger partial charge in [-0.2, -0.15) is 0 Å². The minimum absolute atomic E-state index is 0.793. The molecule has 4 nitrogen and oxygen atoms in total. The molecule has 0 spiro atoms. The van der Waals surface area contributed by atoms with Gasteiger partial charge < -0.3 is 0 Å². The van der Waals surface area contributed by atoms with Crippen molar-refractivity contribution in [2.24, 2.45) is 0 Å². The number of fused-ring (bicyclic) bond motifs is 4. The van der Waals surface area contributed by atoms with E-state index in [1.165, 1.54) is 22.3 Å². The number of pyridine rings is 1. The summed E-state index contributed by atoms with van der Waals surface area (Å²) >= 11 is 0. The van der Waals surface area contributed by atoms with Gasteiger partial charge >= 0.3 is 0 Å². The largest absolute Gasteiger partial charge is 0.276 e. The van der Waals surface area contributed by atoms with Gasteiger partial charge in [-0.3, -0.25) is 4.57 Å². The fourth-order valence-electron chi connectivity index (χ4n) is 6.52. The van der Waals surface area contributed by atoms with Crippen LogP contribution >= 0.6 is 0 Å². The van der Waals surface area contributed by atoms with E-state index in [9.17, 15) is 0 Å². The quantitative estimate of drug-likeness (QED) is 0.197. The van der Waals surface area contributed by atoms with Gasteiger partial charge in [0.25, 0.3) is 0 Å². The Morgan fingerprint density at radius 1 is 0.383 bits per heavy atom. The Balaban J connectivity index is 1.22. The number of para-hydroxylation sites is 1. The number of benzene rings is 6. The van der Waals surface area contributed by atoms with E-state index in [4.69, 9.17) is 15.0 Å². The Bertz CT molecular complexity index is 2500. The van der Waals surface area contributed by atoms with E-state index in [0.717, 1.165) is 61.2 Å². The SMILES string of the molecule is c1ccc(-c2cc(-c3ccccc3)cc(-c3ccc4nc5c(nc4c3)c3ccccc3n5-c3cc(-c4ccccc4)ccn3)c2)cc1. The lowest BCUT2D eigenvalue weighted by Gasteiger charge is -2.12. The minimum Gasteiger partial charge on any atom is -0.276 e. The maximum Gasteiger partial charge on any atom is 0.166 e. The van der Waals surface area contributed by atoms with Gasteiger partial charge in [-0.15, -0.1) is 0 Å². The second-order valence-electron chi connectivity index (χ2n) is 11.8. The Labute approximate surface area is 272 Å². The summed E-state index contributed by atoms with van der Waals surface area (Å²) in [6.45, 7) is 0. The van der Waals surface area contributed by atoms with Gasteiger partial charge in [-0.25, -0.2) is 15.0 Å². The topological polar surface area (TPSA) is 43.6 Å². The Kier molecular flexibility index (Phi) is 6.43. The molecule has 3 aromatic heterocycles. The van der Waals surface area contributed by atoms with E-state index in [2.05, 4.69) is 156 Å². The Hall–Kier alpha value is -6.39. The van der Waals surface area contributed by atoms with Gasteiger partial charge in [0.05, 0.1) is 16.6 Å². The van der Waals surface area contributed by atoms with Crippen molar-refractivity contribution in [2.75, 3.05) is 0 Å². The molecule has 0 aliphatic carbocycles. The highest BCUT2D eigenvalue weighted by atomic mass is 15.1. The molecular weight excluding hydrogens is 573 g/mol. The lowest BCUT2D eigenvalue weighted by Crippen LogP contribution is -1.99. The Morgan fingerprint density at radius 2 is 0.936 bits per heavy atom. The molecule has 4 heteroatoms. The number of nitrogens with zero attached hydrogens (tertiary/aromatic N) is 4. The molecule has 0 amide bonds. The second kappa shape index (κ2) is 11.2. The summed E-state index contributed by atoms with van der Waals surface area (Å²) < 4.78 is 2.13. The summed E-state index contributed by atoms with van der Waals surface area (Å²) in [5.41, 5.74) is 13.6. The highest BCUT2D eigenvalue weighted by Gasteiger charge is 2.18. The van der Waals surface area contributed by atoms with Crippen LogP contribution in [0.15, 0.2) is 170 Å². The first kappa shape index (κ1) is 27.0. The first-order valence-corrected chi connectivity index (χ1v) is 15.8. The maximum atomic E-state index is 5.27. The van der Waals surface area contributed by atoms with E-state index in [0.29, 0.717) is 0 Å². The average Bonchev–Trinajstić information content (AvgIpc) is 3.47. The van der Waals surface area contributed by atoms with E-state index in [1.54, 1.807) is 0 Å². The van der Waals surface area contributed by atoms with Crippen molar-refractivity contribution in [3.8, 4) is 50.3 Å². The van der Waals surface area contributed by atoms with Crippen LogP contribution in [-0.4, -0.2) is 19.5 Å². The number of hydrogen-bond acceptors (Lipinski definition) is 3. The summed E-state index contributed by atoms with van der Waals surface area (Å²) in [6, 6.07) is 57.3. The fraction of sp³-hybridized carbons (Fsp3) is 0. The normalized spacial score (nSPS) is 11.4. The van der Waals surface area contributed by atoms with Gasteiger partial charge in [0.2, 0.25) is 0 Å². The van der Waals surface area contributed by atoms with Crippen molar-refractivity contribution in [3.05, 3.63) is 170 Å². The second-order valence-corrected chi connectivity index (χ2v) is 11.8. The first-order chi connectivity index (χ1) is 23.3. The number of aromatic nitrogens is 4. The first-order valence-electron chi connectivity index (χ1n) is 15.8. The predicted octanol–water partition coefficient (Wildman–Crippen LogP) is 10.8. The zero-order valence-corrected chi connectivity index (χ0v) is 25.5. The molecule has 0 atom stereocenters. The molecule has 0 bridgehead atoms. The zero-order chi connectivity index (χ0) is 31.2. The van der Waals surface area contributed by atoms with Crippen molar-refractivity contribution in [1.29, 1.82) is 0 Å². The van der Waals surface area contributed by atoms with E-state index >= 15 is 0 Å². The van der Waals surface area contributed by atoms with Crippen LogP contribution in [0.1, 0.15) is 0 Å². The molecule has 6 aromatic carbocycles. The van der Waals surface area contributed by atoms with Crippen molar-refractivity contribution in [3.63, 3.8) is 0 Å². The van der Waals surface area contributed by atoms with Gasteiger partial charge in [0.15, 0.2) is 5.65 Å². The van der Waals surface area contributed by atoms with Crippen molar-refractivity contribution < 1.29 is 0 Å². The van der Waals surface area contributed by atoms with Gasteiger partial charge in [-0.05, 0) is 93.0 Å².